The highest BCUT2D eigenvalue weighted by molar-refractivity contribution is 5.88. The molecule has 192 valence electrons. The minimum atomic E-state index is -0.455. The summed E-state index contributed by atoms with van der Waals surface area (Å²) in [5, 5.41) is 13.3. The van der Waals surface area contributed by atoms with Gasteiger partial charge in [-0.15, -0.1) is 0 Å². The highest BCUT2D eigenvalue weighted by atomic mass is 16.6. The number of non-ortho nitro benzene ring substituents is 1. The predicted molar refractivity (Wildman–Crippen MR) is 128 cm³/mol. The standard InChI is InChI=1S/C24H32N2O9/c1-20(27)25-21-2-6-23(7-3-21)34-18-16-32-14-12-30-10-11-31-13-15-33-17-19-35-24-8-4-22(5-9-24)26(28)29/h2-9H,10-19H2,1H3,(H,25,27). The molecule has 0 radical (unpaired) electrons. The maximum atomic E-state index is 11.0. The summed E-state index contributed by atoms with van der Waals surface area (Å²) in [6.07, 6.45) is 0. The van der Waals surface area contributed by atoms with Gasteiger partial charge in [0.1, 0.15) is 24.7 Å². The maximum Gasteiger partial charge on any atom is 0.269 e. The van der Waals surface area contributed by atoms with Crippen molar-refractivity contribution < 1.29 is 38.1 Å². The van der Waals surface area contributed by atoms with E-state index in [0.717, 1.165) is 5.69 Å². The summed E-state index contributed by atoms with van der Waals surface area (Å²) in [6.45, 7) is 5.78. The fraction of sp³-hybridized carbons (Fsp3) is 0.458. The average molecular weight is 493 g/mol. The zero-order chi connectivity index (χ0) is 25.1. The molecule has 0 saturated carbocycles. The lowest BCUT2D eigenvalue weighted by molar-refractivity contribution is -0.384. The van der Waals surface area contributed by atoms with Crippen LogP contribution in [-0.4, -0.2) is 76.9 Å². The monoisotopic (exact) mass is 492 g/mol. The van der Waals surface area contributed by atoms with Crippen molar-refractivity contribution in [1.82, 2.24) is 0 Å². The quantitative estimate of drug-likeness (QED) is 0.179. The first-order valence-electron chi connectivity index (χ1n) is 11.2. The van der Waals surface area contributed by atoms with E-state index in [1.807, 2.05) is 0 Å². The lowest BCUT2D eigenvalue weighted by Gasteiger charge is -2.09. The van der Waals surface area contributed by atoms with Gasteiger partial charge >= 0.3 is 0 Å². The van der Waals surface area contributed by atoms with Gasteiger partial charge in [-0.2, -0.15) is 0 Å². The zero-order valence-electron chi connectivity index (χ0n) is 19.8. The van der Waals surface area contributed by atoms with Gasteiger partial charge in [-0.1, -0.05) is 0 Å². The highest BCUT2D eigenvalue weighted by Gasteiger charge is 2.04. The van der Waals surface area contributed by atoms with Gasteiger partial charge in [-0.3, -0.25) is 14.9 Å². The number of nitrogens with zero attached hydrogens (tertiary/aromatic N) is 1. The number of benzene rings is 2. The Kier molecular flexibility index (Phi) is 13.8. The number of amides is 1. The second kappa shape index (κ2) is 17.2. The Morgan fingerprint density at radius 1 is 0.686 bits per heavy atom. The fourth-order valence-electron chi connectivity index (χ4n) is 2.70. The molecule has 0 aliphatic heterocycles. The van der Waals surface area contributed by atoms with Gasteiger partial charge in [0, 0.05) is 24.7 Å². The molecule has 11 nitrogen and oxygen atoms in total. The van der Waals surface area contributed by atoms with Crippen LogP contribution >= 0.6 is 0 Å². The Morgan fingerprint density at radius 2 is 1.06 bits per heavy atom. The van der Waals surface area contributed by atoms with Crippen LogP contribution in [0, 0.1) is 10.1 Å². The third kappa shape index (κ3) is 13.3. The normalized spacial score (nSPS) is 10.7. The summed E-state index contributed by atoms with van der Waals surface area (Å²) < 4.78 is 32.7. The molecule has 2 rings (SSSR count). The van der Waals surface area contributed by atoms with E-state index in [0.29, 0.717) is 77.6 Å². The number of nitrogens with one attached hydrogen (secondary N) is 1. The van der Waals surface area contributed by atoms with Gasteiger partial charge in [-0.25, -0.2) is 0 Å². The molecule has 0 fully saturated rings. The topological polar surface area (TPSA) is 128 Å². The molecule has 2 aromatic carbocycles. The number of ether oxygens (including phenoxy) is 6. The first-order valence-corrected chi connectivity index (χ1v) is 11.2. The molecular weight excluding hydrogens is 460 g/mol. The third-order valence-electron chi connectivity index (χ3n) is 4.33. The molecule has 0 bridgehead atoms. The van der Waals surface area contributed by atoms with Crippen LogP contribution in [-0.2, 0) is 23.7 Å². The molecule has 0 atom stereocenters. The van der Waals surface area contributed by atoms with E-state index in [2.05, 4.69) is 5.32 Å². The number of carbonyl (C=O) groups excluding carboxylic acids is 1. The Balaban J connectivity index is 1.31. The molecule has 1 N–H and O–H groups in total. The van der Waals surface area contributed by atoms with E-state index in [4.69, 9.17) is 28.4 Å². The molecule has 0 spiro atoms. The van der Waals surface area contributed by atoms with Crippen LogP contribution in [0.25, 0.3) is 0 Å². The van der Waals surface area contributed by atoms with Crippen LogP contribution in [0.3, 0.4) is 0 Å². The molecule has 0 saturated heterocycles. The van der Waals surface area contributed by atoms with E-state index in [9.17, 15) is 14.9 Å². The van der Waals surface area contributed by atoms with Crippen LogP contribution in [0.5, 0.6) is 11.5 Å². The first kappa shape index (κ1) is 28.0. The Bertz CT molecular complexity index is 860. The number of anilines is 1. The van der Waals surface area contributed by atoms with Crippen LogP contribution in [0.4, 0.5) is 11.4 Å². The second-order valence-electron chi connectivity index (χ2n) is 7.10. The molecule has 0 aromatic heterocycles. The largest absolute Gasteiger partial charge is 0.491 e. The Hall–Kier alpha value is -3.25. The number of carbonyl (C=O) groups is 1. The second-order valence-corrected chi connectivity index (χ2v) is 7.10. The van der Waals surface area contributed by atoms with Crippen molar-refractivity contribution in [1.29, 1.82) is 0 Å². The van der Waals surface area contributed by atoms with Gasteiger partial charge in [0.15, 0.2) is 0 Å². The molecule has 0 unspecified atom stereocenters. The molecule has 0 aliphatic rings. The van der Waals surface area contributed by atoms with Crippen LogP contribution in [0.1, 0.15) is 6.92 Å². The lowest BCUT2D eigenvalue weighted by atomic mass is 10.3. The van der Waals surface area contributed by atoms with Gasteiger partial charge in [0.05, 0.1) is 57.8 Å². The summed E-state index contributed by atoms with van der Waals surface area (Å²) in [5.41, 5.74) is 0.748. The summed E-state index contributed by atoms with van der Waals surface area (Å²) in [4.78, 5) is 21.1. The lowest BCUT2D eigenvalue weighted by Crippen LogP contribution is -2.14. The van der Waals surface area contributed by atoms with E-state index in [1.165, 1.54) is 19.1 Å². The number of hydrogen-bond acceptors (Lipinski definition) is 9. The van der Waals surface area contributed by atoms with Crippen molar-refractivity contribution in [3.8, 4) is 11.5 Å². The van der Waals surface area contributed by atoms with Gasteiger partial charge < -0.3 is 33.7 Å². The number of rotatable bonds is 19. The maximum absolute atomic E-state index is 11.0. The Morgan fingerprint density at radius 3 is 1.43 bits per heavy atom. The van der Waals surface area contributed by atoms with E-state index >= 15 is 0 Å². The zero-order valence-corrected chi connectivity index (χ0v) is 19.8. The number of hydrogen-bond donors (Lipinski definition) is 1. The van der Waals surface area contributed by atoms with Gasteiger partial charge in [0.2, 0.25) is 5.91 Å². The minimum Gasteiger partial charge on any atom is -0.491 e. The van der Waals surface area contributed by atoms with Gasteiger partial charge in [0.25, 0.3) is 5.69 Å². The van der Waals surface area contributed by atoms with Crippen LogP contribution in [0.2, 0.25) is 0 Å². The average Bonchev–Trinajstić information content (AvgIpc) is 2.84. The summed E-state index contributed by atoms with van der Waals surface area (Å²) in [5.74, 6) is 1.15. The fourth-order valence-corrected chi connectivity index (χ4v) is 2.70. The minimum absolute atomic E-state index is 0.0245. The summed E-state index contributed by atoms with van der Waals surface area (Å²) >= 11 is 0. The van der Waals surface area contributed by atoms with Crippen molar-refractivity contribution in [2.45, 2.75) is 6.92 Å². The van der Waals surface area contributed by atoms with Crippen molar-refractivity contribution in [3.05, 3.63) is 58.6 Å². The molecule has 35 heavy (non-hydrogen) atoms. The third-order valence-corrected chi connectivity index (χ3v) is 4.33. The van der Waals surface area contributed by atoms with Gasteiger partial charge in [-0.05, 0) is 36.4 Å². The van der Waals surface area contributed by atoms with E-state index in [1.54, 1.807) is 36.4 Å². The van der Waals surface area contributed by atoms with Crippen molar-refractivity contribution >= 4 is 17.3 Å². The summed E-state index contributed by atoms with van der Waals surface area (Å²) in [6, 6.07) is 13.0. The Labute approximate surface area is 204 Å². The number of nitro groups is 1. The smallest absolute Gasteiger partial charge is 0.269 e. The molecule has 0 aliphatic carbocycles. The summed E-state index contributed by atoms with van der Waals surface area (Å²) in [7, 11) is 0. The van der Waals surface area contributed by atoms with Crippen molar-refractivity contribution in [2.24, 2.45) is 0 Å². The predicted octanol–water partition coefficient (Wildman–Crippen LogP) is 3.08. The van der Waals surface area contributed by atoms with E-state index < -0.39 is 4.92 Å². The number of nitro benzene ring substituents is 1. The highest BCUT2D eigenvalue weighted by Crippen LogP contribution is 2.17. The van der Waals surface area contributed by atoms with Crippen molar-refractivity contribution in [3.63, 3.8) is 0 Å². The molecule has 0 heterocycles. The van der Waals surface area contributed by atoms with Crippen LogP contribution < -0.4 is 14.8 Å². The molecule has 11 heteroatoms. The first-order chi connectivity index (χ1) is 17.0. The van der Waals surface area contributed by atoms with E-state index in [-0.39, 0.29) is 11.6 Å². The van der Waals surface area contributed by atoms with Crippen molar-refractivity contribution in [2.75, 3.05) is 71.4 Å². The molecule has 1 amide bonds. The molecule has 2 aromatic rings. The SMILES string of the molecule is CC(=O)Nc1ccc(OCCOCCOCCOCCOCCOc2ccc([N+](=O)[O-])cc2)cc1. The molecular formula is C24H32N2O9. The van der Waals surface area contributed by atoms with Crippen LogP contribution in [0.15, 0.2) is 48.5 Å².